The molecule has 0 saturated heterocycles. The summed E-state index contributed by atoms with van der Waals surface area (Å²) in [7, 11) is 0. The van der Waals surface area contributed by atoms with Gasteiger partial charge in [-0.15, -0.1) is 0 Å². The molecule has 35 heavy (non-hydrogen) atoms. The first-order chi connectivity index (χ1) is 16.7. The average molecular weight is 487 g/mol. The number of carbonyl (C=O) groups is 1. The van der Waals surface area contributed by atoms with Crippen molar-refractivity contribution in [2.75, 3.05) is 21.3 Å². The third-order valence-electron chi connectivity index (χ3n) is 5.56. The monoisotopic (exact) mass is 486 g/mol. The molecule has 0 saturated carbocycles. The van der Waals surface area contributed by atoms with E-state index >= 15 is 0 Å². The zero-order valence-electron chi connectivity index (χ0n) is 19.1. The lowest BCUT2D eigenvalue weighted by atomic mass is 9.97. The van der Waals surface area contributed by atoms with Gasteiger partial charge in [0.15, 0.2) is 0 Å². The van der Waals surface area contributed by atoms with Crippen LogP contribution in [0.5, 0.6) is 0 Å². The van der Waals surface area contributed by atoms with E-state index in [1.54, 1.807) is 50.5 Å². The Morgan fingerprint density at radius 3 is 2.31 bits per heavy atom. The van der Waals surface area contributed by atoms with Gasteiger partial charge in [-0.3, -0.25) is 4.79 Å². The van der Waals surface area contributed by atoms with E-state index in [1.165, 1.54) is 0 Å². The van der Waals surface area contributed by atoms with Crippen molar-refractivity contribution in [2.24, 2.45) is 0 Å². The summed E-state index contributed by atoms with van der Waals surface area (Å²) < 4.78 is 0. The van der Waals surface area contributed by atoms with Crippen LogP contribution in [0.4, 0.5) is 39.9 Å². The quantitative estimate of drug-likeness (QED) is 0.215. The molecule has 0 radical (unpaired) electrons. The van der Waals surface area contributed by atoms with Crippen molar-refractivity contribution >= 4 is 57.5 Å². The van der Waals surface area contributed by atoms with E-state index in [1.807, 2.05) is 36.4 Å². The zero-order chi connectivity index (χ0) is 24.6. The molecule has 0 unspecified atom stereocenters. The highest BCUT2D eigenvalue weighted by atomic mass is 35.5. The molecule has 0 atom stereocenters. The highest BCUT2D eigenvalue weighted by Crippen LogP contribution is 2.36. The molecule has 3 heterocycles. The fraction of sp³-hybridized carbons (Fsp3) is 0.115. The third kappa shape index (κ3) is 5.03. The molecule has 0 aliphatic carbocycles. The Bertz CT molecular complexity index is 1430. The molecular formula is C26H23ClN6O2. The van der Waals surface area contributed by atoms with Gasteiger partial charge >= 0.3 is 0 Å². The molecule has 8 nitrogen and oxygen atoms in total. The molecule has 9 heteroatoms. The fourth-order valence-electron chi connectivity index (χ4n) is 3.77. The number of amides is 1. The van der Waals surface area contributed by atoms with Crippen LogP contribution in [0.1, 0.15) is 29.8 Å². The Labute approximate surface area is 207 Å². The summed E-state index contributed by atoms with van der Waals surface area (Å²) >= 11 is 5.96. The van der Waals surface area contributed by atoms with Crippen molar-refractivity contribution in [1.82, 2.24) is 9.97 Å². The van der Waals surface area contributed by atoms with Gasteiger partial charge in [0.1, 0.15) is 11.0 Å². The second-order valence-electron chi connectivity index (χ2n) is 8.71. The van der Waals surface area contributed by atoms with Gasteiger partial charge in [0.05, 0.1) is 28.2 Å². The first-order valence-corrected chi connectivity index (χ1v) is 11.3. The van der Waals surface area contributed by atoms with Gasteiger partial charge in [0, 0.05) is 35.5 Å². The van der Waals surface area contributed by atoms with Crippen molar-refractivity contribution in [1.29, 1.82) is 0 Å². The van der Waals surface area contributed by atoms with Crippen molar-refractivity contribution in [3.63, 3.8) is 0 Å². The maximum atomic E-state index is 12.9. The summed E-state index contributed by atoms with van der Waals surface area (Å²) in [5.41, 5.74) is 4.63. The van der Waals surface area contributed by atoms with Crippen LogP contribution in [0.2, 0.25) is 5.15 Å². The van der Waals surface area contributed by atoms with E-state index in [2.05, 4.69) is 31.2 Å². The van der Waals surface area contributed by atoms with Gasteiger partial charge in [-0.25, -0.2) is 9.97 Å². The number of aliphatic hydroxyl groups is 1. The largest absolute Gasteiger partial charge is 0.386 e. The first kappa shape index (κ1) is 22.6. The molecule has 0 bridgehead atoms. The maximum Gasteiger partial charge on any atom is 0.257 e. The smallest absolute Gasteiger partial charge is 0.257 e. The number of aromatic nitrogens is 2. The predicted octanol–water partition coefficient (Wildman–Crippen LogP) is 6.15. The van der Waals surface area contributed by atoms with Crippen molar-refractivity contribution in [3.05, 3.63) is 89.3 Å². The summed E-state index contributed by atoms with van der Waals surface area (Å²) in [5, 5.41) is 23.6. The topological polar surface area (TPSA) is 111 Å². The minimum Gasteiger partial charge on any atom is -0.386 e. The number of nitrogens with zero attached hydrogens (tertiary/aromatic N) is 2. The number of fused-ring (bicyclic) bond motifs is 2. The van der Waals surface area contributed by atoms with Gasteiger partial charge in [-0.2, -0.15) is 0 Å². The number of halogens is 1. The summed E-state index contributed by atoms with van der Waals surface area (Å²) in [6.07, 6.45) is 3.31. The van der Waals surface area contributed by atoms with Crippen LogP contribution in [-0.2, 0) is 5.60 Å². The summed E-state index contributed by atoms with van der Waals surface area (Å²) in [6, 6.07) is 18.2. The van der Waals surface area contributed by atoms with Crippen LogP contribution < -0.4 is 21.3 Å². The second kappa shape index (κ2) is 8.90. The van der Waals surface area contributed by atoms with E-state index in [0.29, 0.717) is 33.5 Å². The van der Waals surface area contributed by atoms with Gasteiger partial charge in [-0.05, 0) is 67.9 Å². The molecule has 1 amide bonds. The third-order valence-corrected chi connectivity index (χ3v) is 5.76. The van der Waals surface area contributed by atoms with Crippen LogP contribution in [0.25, 0.3) is 0 Å². The van der Waals surface area contributed by atoms with E-state index in [-0.39, 0.29) is 5.91 Å². The van der Waals surface area contributed by atoms with E-state index < -0.39 is 5.60 Å². The van der Waals surface area contributed by atoms with Crippen molar-refractivity contribution in [2.45, 2.75) is 19.4 Å². The molecule has 2 aromatic heterocycles. The van der Waals surface area contributed by atoms with E-state index in [9.17, 15) is 9.90 Å². The van der Waals surface area contributed by atoms with Gasteiger partial charge in [0.2, 0.25) is 0 Å². The average Bonchev–Trinajstić information content (AvgIpc) is 2.93. The molecule has 0 spiro atoms. The number of nitrogens with one attached hydrogen (secondary N) is 4. The number of hydrogen-bond acceptors (Lipinski definition) is 7. The highest BCUT2D eigenvalue weighted by molar-refractivity contribution is 6.29. The molecule has 5 N–H and O–H groups in total. The Balaban J connectivity index is 1.39. The highest BCUT2D eigenvalue weighted by Gasteiger charge is 2.23. The lowest BCUT2D eigenvalue weighted by Gasteiger charge is -2.20. The molecular weight excluding hydrogens is 464 g/mol. The zero-order valence-corrected chi connectivity index (χ0v) is 19.8. The Kier molecular flexibility index (Phi) is 5.76. The minimum absolute atomic E-state index is 0.225. The van der Waals surface area contributed by atoms with Gasteiger partial charge in [-0.1, -0.05) is 17.7 Å². The Hall–Kier alpha value is -4.14. The number of rotatable bonds is 5. The van der Waals surface area contributed by atoms with Crippen LogP contribution >= 0.6 is 11.6 Å². The minimum atomic E-state index is -1.02. The second-order valence-corrected chi connectivity index (χ2v) is 9.09. The standard InChI is InChI=1S/C26H23ClN6O2/c1-26(2,35)15-3-6-20-22(11-15)33-25(34)19-5-4-16(12-21(19)32-20)30-18-8-10-29-24(14-18)31-17-7-9-28-23(27)13-17/h3-14,32,35H,1-2H3,(H,33,34)(H2,28,29,30,31). The molecule has 4 aromatic rings. The fourth-order valence-corrected chi connectivity index (χ4v) is 3.94. The molecule has 1 aliphatic rings. The van der Waals surface area contributed by atoms with E-state index in [0.717, 1.165) is 22.7 Å². The molecule has 1 aliphatic heterocycles. The number of carbonyl (C=O) groups excluding carboxylic acids is 1. The number of hydrogen-bond donors (Lipinski definition) is 5. The molecule has 5 rings (SSSR count). The van der Waals surface area contributed by atoms with Gasteiger partial charge in [0.25, 0.3) is 5.91 Å². The number of pyridine rings is 2. The van der Waals surface area contributed by atoms with Crippen LogP contribution in [0, 0.1) is 0 Å². The lowest BCUT2D eigenvalue weighted by Crippen LogP contribution is -2.16. The van der Waals surface area contributed by atoms with Crippen LogP contribution in [-0.4, -0.2) is 21.0 Å². The predicted molar refractivity (Wildman–Crippen MR) is 139 cm³/mol. The van der Waals surface area contributed by atoms with Crippen molar-refractivity contribution in [3.8, 4) is 0 Å². The Morgan fingerprint density at radius 1 is 0.800 bits per heavy atom. The first-order valence-electron chi connectivity index (χ1n) is 11.0. The molecule has 0 fully saturated rings. The van der Waals surface area contributed by atoms with Gasteiger partial charge < -0.3 is 26.4 Å². The van der Waals surface area contributed by atoms with Crippen molar-refractivity contribution < 1.29 is 9.90 Å². The maximum absolute atomic E-state index is 12.9. The summed E-state index contributed by atoms with van der Waals surface area (Å²) in [6.45, 7) is 3.42. The van der Waals surface area contributed by atoms with E-state index in [4.69, 9.17) is 11.6 Å². The van der Waals surface area contributed by atoms with Crippen LogP contribution in [0.15, 0.2) is 73.1 Å². The Morgan fingerprint density at radius 2 is 1.54 bits per heavy atom. The number of benzene rings is 2. The van der Waals surface area contributed by atoms with Crippen LogP contribution in [0.3, 0.4) is 0 Å². The molecule has 2 aromatic carbocycles. The normalized spacial score (nSPS) is 12.5. The SMILES string of the molecule is CC(C)(O)c1ccc2c(c1)NC(=O)c1ccc(Nc3ccnc(Nc4ccnc(Cl)c4)c3)cc1N2. The summed E-state index contributed by atoms with van der Waals surface area (Å²) in [4.78, 5) is 21.2. The summed E-state index contributed by atoms with van der Waals surface area (Å²) in [5.74, 6) is 0.415. The number of anilines is 7. The molecule has 176 valence electrons. The lowest BCUT2D eigenvalue weighted by molar-refractivity contribution is 0.0786.